The van der Waals surface area contributed by atoms with Gasteiger partial charge in [-0.2, -0.15) is 0 Å². The van der Waals surface area contributed by atoms with E-state index in [0.717, 1.165) is 0 Å². The van der Waals surface area contributed by atoms with Gasteiger partial charge in [0.15, 0.2) is 0 Å². The molecule has 7 nitrogen and oxygen atoms in total. The van der Waals surface area contributed by atoms with Crippen LogP contribution in [0.4, 0.5) is 0 Å². The number of esters is 2. The summed E-state index contributed by atoms with van der Waals surface area (Å²) < 4.78 is 19.5. The van der Waals surface area contributed by atoms with Crippen LogP contribution in [0, 0.1) is 0 Å². The van der Waals surface area contributed by atoms with Crippen LogP contribution in [0.25, 0.3) is 0 Å². The first-order valence-electron chi connectivity index (χ1n) is 5.97. The van der Waals surface area contributed by atoms with Gasteiger partial charge in [-0.3, -0.25) is 0 Å². The Morgan fingerprint density at radius 3 is 2.62 bits per heavy atom. The maximum absolute atomic E-state index is 11.8. The van der Waals surface area contributed by atoms with E-state index in [2.05, 4.69) is 9.72 Å². The Balaban J connectivity index is 2.00. The minimum atomic E-state index is -0.628. The molecule has 0 spiro atoms. The van der Waals surface area contributed by atoms with Gasteiger partial charge in [-0.05, 0) is 12.1 Å². The van der Waals surface area contributed by atoms with E-state index in [4.69, 9.17) is 13.9 Å². The van der Waals surface area contributed by atoms with Crippen LogP contribution in [0.1, 0.15) is 26.5 Å². The first kappa shape index (κ1) is 14.6. The number of methoxy groups -OCH3 is 2. The predicted molar refractivity (Wildman–Crippen MR) is 70.0 cm³/mol. The largest absolute Gasteiger partial charge is 0.481 e. The van der Waals surface area contributed by atoms with Gasteiger partial charge in [0.25, 0.3) is 0 Å². The van der Waals surface area contributed by atoms with Gasteiger partial charge >= 0.3 is 11.9 Å². The van der Waals surface area contributed by atoms with Crippen molar-refractivity contribution in [1.82, 2.24) is 4.98 Å². The zero-order valence-corrected chi connectivity index (χ0v) is 11.5. The maximum atomic E-state index is 11.8. The third-order valence-corrected chi connectivity index (χ3v) is 2.66. The van der Waals surface area contributed by atoms with Gasteiger partial charge in [0.05, 0.1) is 26.0 Å². The number of furan rings is 1. The molecule has 0 N–H and O–H groups in total. The lowest BCUT2D eigenvalue weighted by molar-refractivity contribution is 0.0453. The van der Waals surface area contributed by atoms with Crippen LogP contribution in [0.3, 0.4) is 0 Å². The Kier molecular flexibility index (Phi) is 4.55. The summed E-state index contributed by atoms with van der Waals surface area (Å²) in [7, 11) is 2.72. The normalized spacial score (nSPS) is 10.0. The van der Waals surface area contributed by atoms with Crippen molar-refractivity contribution >= 4 is 11.9 Å². The van der Waals surface area contributed by atoms with Gasteiger partial charge in [0.2, 0.25) is 11.6 Å². The van der Waals surface area contributed by atoms with E-state index < -0.39 is 11.9 Å². The lowest BCUT2D eigenvalue weighted by atomic mass is 10.2. The first-order chi connectivity index (χ1) is 10.2. The van der Waals surface area contributed by atoms with Crippen LogP contribution in [-0.4, -0.2) is 31.1 Å². The molecule has 0 saturated heterocycles. The quantitative estimate of drug-likeness (QED) is 0.776. The minimum Gasteiger partial charge on any atom is -0.481 e. The number of carbonyl (C=O) groups excluding carboxylic acids is 2. The molecule has 2 aromatic heterocycles. The van der Waals surface area contributed by atoms with E-state index in [0.29, 0.717) is 11.4 Å². The smallest absolute Gasteiger partial charge is 0.374 e. The molecule has 0 atom stereocenters. The van der Waals surface area contributed by atoms with Crippen molar-refractivity contribution < 1.29 is 28.2 Å². The molecule has 2 aromatic rings. The molecule has 0 aliphatic rings. The highest BCUT2D eigenvalue weighted by Crippen LogP contribution is 2.14. The van der Waals surface area contributed by atoms with E-state index >= 15 is 0 Å². The van der Waals surface area contributed by atoms with Crippen molar-refractivity contribution in [2.24, 2.45) is 0 Å². The summed E-state index contributed by atoms with van der Waals surface area (Å²) in [5, 5.41) is 0. The maximum Gasteiger partial charge on any atom is 0.374 e. The molecule has 0 aliphatic carbocycles. The summed E-state index contributed by atoms with van der Waals surface area (Å²) in [4.78, 5) is 27.1. The SMILES string of the molecule is COC(=O)c1occc1COC(=O)c1ccc(OC)nc1. The van der Waals surface area contributed by atoms with Crippen molar-refractivity contribution in [2.45, 2.75) is 6.61 Å². The molecular formula is C14H13NO6. The fourth-order valence-corrected chi connectivity index (χ4v) is 1.57. The molecule has 0 radical (unpaired) electrons. The zero-order chi connectivity index (χ0) is 15.2. The average Bonchev–Trinajstić information content (AvgIpc) is 3.00. The van der Waals surface area contributed by atoms with Crippen molar-refractivity contribution in [2.75, 3.05) is 14.2 Å². The summed E-state index contributed by atoms with van der Waals surface area (Å²) in [5.41, 5.74) is 0.704. The van der Waals surface area contributed by atoms with E-state index in [-0.39, 0.29) is 17.9 Å². The number of aromatic nitrogens is 1. The fourth-order valence-electron chi connectivity index (χ4n) is 1.57. The number of ether oxygens (including phenoxy) is 3. The van der Waals surface area contributed by atoms with Crippen LogP contribution in [0.5, 0.6) is 5.88 Å². The molecule has 0 unspecified atom stereocenters. The Bertz CT molecular complexity index is 631. The molecule has 0 aliphatic heterocycles. The van der Waals surface area contributed by atoms with Crippen molar-refractivity contribution in [3.8, 4) is 5.88 Å². The summed E-state index contributed by atoms with van der Waals surface area (Å²) >= 11 is 0. The minimum absolute atomic E-state index is 0.0122. The van der Waals surface area contributed by atoms with Gasteiger partial charge in [0, 0.05) is 17.8 Å². The van der Waals surface area contributed by atoms with E-state index in [9.17, 15) is 9.59 Å². The van der Waals surface area contributed by atoms with Gasteiger partial charge in [-0.1, -0.05) is 0 Å². The zero-order valence-electron chi connectivity index (χ0n) is 11.5. The topological polar surface area (TPSA) is 87.9 Å². The number of hydrogen-bond donors (Lipinski definition) is 0. The van der Waals surface area contributed by atoms with Gasteiger partial charge in [0.1, 0.15) is 6.61 Å². The van der Waals surface area contributed by atoms with Crippen molar-refractivity contribution in [1.29, 1.82) is 0 Å². The van der Waals surface area contributed by atoms with Crippen LogP contribution in [0.15, 0.2) is 35.1 Å². The molecule has 7 heteroatoms. The molecule has 0 bridgehead atoms. The molecule has 0 saturated carbocycles. The van der Waals surface area contributed by atoms with Crippen LogP contribution >= 0.6 is 0 Å². The number of pyridine rings is 1. The molecule has 0 amide bonds. The second-order valence-corrected chi connectivity index (χ2v) is 3.93. The molecular weight excluding hydrogens is 278 g/mol. The van der Waals surface area contributed by atoms with Gasteiger partial charge in [-0.25, -0.2) is 14.6 Å². The summed E-state index contributed by atoms with van der Waals surface area (Å²) in [6.45, 7) is -0.105. The third-order valence-electron chi connectivity index (χ3n) is 2.66. The molecule has 0 fully saturated rings. The van der Waals surface area contributed by atoms with E-state index in [1.54, 1.807) is 6.07 Å². The standard InChI is InChI=1S/C14H13NO6/c1-18-11-4-3-9(7-15-11)13(16)21-8-10-5-6-20-12(10)14(17)19-2/h3-7H,8H2,1-2H3. The number of nitrogens with zero attached hydrogens (tertiary/aromatic N) is 1. The third kappa shape index (κ3) is 3.38. The highest BCUT2D eigenvalue weighted by atomic mass is 16.5. The van der Waals surface area contributed by atoms with E-state index in [1.807, 2.05) is 0 Å². The Labute approximate surface area is 120 Å². The highest BCUT2D eigenvalue weighted by Gasteiger charge is 2.17. The molecule has 21 heavy (non-hydrogen) atoms. The Morgan fingerprint density at radius 1 is 1.19 bits per heavy atom. The fraction of sp³-hybridized carbons (Fsp3) is 0.214. The molecule has 2 rings (SSSR count). The lowest BCUT2D eigenvalue weighted by Gasteiger charge is -2.05. The lowest BCUT2D eigenvalue weighted by Crippen LogP contribution is -2.08. The van der Waals surface area contributed by atoms with Crippen molar-refractivity contribution in [3.05, 3.63) is 47.5 Å². The summed E-state index contributed by atoms with van der Waals surface area (Å²) in [6.07, 6.45) is 2.67. The molecule has 110 valence electrons. The molecule has 0 aromatic carbocycles. The second-order valence-electron chi connectivity index (χ2n) is 3.93. The van der Waals surface area contributed by atoms with Crippen LogP contribution < -0.4 is 4.74 Å². The number of rotatable bonds is 5. The van der Waals surface area contributed by atoms with Crippen LogP contribution in [0.2, 0.25) is 0 Å². The first-order valence-corrected chi connectivity index (χ1v) is 5.97. The summed E-state index contributed by atoms with van der Waals surface area (Å²) in [6, 6.07) is 4.62. The molecule has 2 heterocycles. The number of carbonyl (C=O) groups is 2. The second kappa shape index (κ2) is 6.56. The average molecular weight is 291 g/mol. The van der Waals surface area contributed by atoms with Gasteiger partial charge < -0.3 is 18.6 Å². The Morgan fingerprint density at radius 2 is 2.00 bits per heavy atom. The van der Waals surface area contributed by atoms with Crippen LogP contribution in [-0.2, 0) is 16.1 Å². The highest BCUT2D eigenvalue weighted by molar-refractivity contribution is 5.90. The van der Waals surface area contributed by atoms with Crippen molar-refractivity contribution in [3.63, 3.8) is 0 Å². The van der Waals surface area contributed by atoms with E-state index in [1.165, 1.54) is 38.8 Å². The Hall–Kier alpha value is -2.83. The monoisotopic (exact) mass is 291 g/mol. The summed E-state index contributed by atoms with van der Waals surface area (Å²) in [5.74, 6) is -0.785. The predicted octanol–water partition coefficient (Wildman–Crippen LogP) is 1.83. The van der Waals surface area contributed by atoms with Gasteiger partial charge in [-0.15, -0.1) is 0 Å². The number of hydrogen-bond acceptors (Lipinski definition) is 7.